The summed E-state index contributed by atoms with van der Waals surface area (Å²) in [5.74, 6) is 1.01. The highest BCUT2D eigenvalue weighted by atomic mass is 15.1. The Morgan fingerprint density at radius 2 is 1.82 bits per heavy atom. The van der Waals surface area contributed by atoms with Gasteiger partial charge in [0.1, 0.15) is 5.84 Å². The van der Waals surface area contributed by atoms with Crippen LogP contribution < -0.4 is 0 Å². The van der Waals surface area contributed by atoms with Crippen LogP contribution in [0, 0.1) is 0 Å². The summed E-state index contributed by atoms with van der Waals surface area (Å²) in [5.41, 5.74) is 1.19. The monoisotopic (exact) mass is 152 g/mol. The SMILES string of the molecule is CCC1=NC(C)(C)C(CC)=N1. The van der Waals surface area contributed by atoms with Gasteiger partial charge in [0.15, 0.2) is 0 Å². The van der Waals surface area contributed by atoms with Crippen LogP contribution in [-0.2, 0) is 0 Å². The molecule has 1 aliphatic heterocycles. The molecule has 0 saturated heterocycles. The molecule has 2 heteroatoms. The summed E-state index contributed by atoms with van der Waals surface area (Å²) in [6, 6.07) is 0. The molecule has 1 aliphatic rings. The third-order valence-corrected chi connectivity index (χ3v) is 2.03. The van der Waals surface area contributed by atoms with Crippen LogP contribution in [0.3, 0.4) is 0 Å². The van der Waals surface area contributed by atoms with Crippen molar-refractivity contribution in [3.05, 3.63) is 0 Å². The van der Waals surface area contributed by atoms with Crippen molar-refractivity contribution in [2.45, 2.75) is 46.1 Å². The summed E-state index contributed by atoms with van der Waals surface area (Å²) in [7, 11) is 0. The maximum absolute atomic E-state index is 4.50. The Hall–Kier alpha value is -0.660. The number of nitrogens with zero attached hydrogens (tertiary/aromatic N) is 2. The number of aliphatic imine (C=N–C) groups is 2. The highest BCUT2D eigenvalue weighted by Crippen LogP contribution is 2.21. The normalized spacial score (nSPS) is 21.5. The fourth-order valence-electron chi connectivity index (χ4n) is 1.37. The van der Waals surface area contributed by atoms with Crippen molar-refractivity contribution in [1.82, 2.24) is 0 Å². The van der Waals surface area contributed by atoms with Gasteiger partial charge in [-0.25, -0.2) is 4.99 Å². The van der Waals surface area contributed by atoms with Crippen LogP contribution in [0.4, 0.5) is 0 Å². The summed E-state index contributed by atoms with van der Waals surface area (Å²) in [5, 5.41) is 0. The molecule has 0 amide bonds. The molecule has 0 atom stereocenters. The van der Waals surface area contributed by atoms with Gasteiger partial charge in [-0.3, -0.25) is 4.99 Å². The molecule has 11 heavy (non-hydrogen) atoms. The van der Waals surface area contributed by atoms with Crippen molar-refractivity contribution in [2.75, 3.05) is 0 Å². The van der Waals surface area contributed by atoms with Gasteiger partial charge in [-0.05, 0) is 20.3 Å². The van der Waals surface area contributed by atoms with E-state index in [1.807, 2.05) is 0 Å². The Morgan fingerprint density at radius 3 is 2.09 bits per heavy atom. The molecule has 0 aromatic rings. The molecule has 0 aromatic carbocycles. The first-order valence-electron chi connectivity index (χ1n) is 4.27. The molecule has 1 heterocycles. The first kappa shape index (κ1) is 8.44. The van der Waals surface area contributed by atoms with Crippen LogP contribution in [0.1, 0.15) is 40.5 Å². The number of hydrogen-bond donors (Lipinski definition) is 0. The van der Waals surface area contributed by atoms with Crippen LogP contribution in [0.25, 0.3) is 0 Å². The van der Waals surface area contributed by atoms with E-state index in [1.165, 1.54) is 5.71 Å². The van der Waals surface area contributed by atoms with Crippen molar-refractivity contribution in [3.8, 4) is 0 Å². The van der Waals surface area contributed by atoms with E-state index in [0.29, 0.717) is 0 Å². The maximum Gasteiger partial charge on any atom is 0.123 e. The fraction of sp³-hybridized carbons (Fsp3) is 0.778. The molecule has 0 saturated carbocycles. The molecular weight excluding hydrogens is 136 g/mol. The van der Waals surface area contributed by atoms with E-state index < -0.39 is 0 Å². The first-order chi connectivity index (χ1) is 5.10. The van der Waals surface area contributed by atoms with Gasteiger partial charge in [-0.1, -0.05) is 13.8 Å². The fourth-order valence-corrected chi connectivity index (χ4v) is 1.37. The Kier molecular flexibility index (Phi) is 2.12. The van der Waals surface area contributed by atoms with Crippen molar-refractivity contribution >= 4 is 11.5 Å². The van der Waals surface area contributed by atoms with Crippen LogP contribution in [0.2, 0.25) is 0 Å². The van der Waals surface area contributed by atoms with E-state index in [4.69, 9.17) is 0 Å². The minimum Gasteiger partial charge on any atom is -0.258 e. The van der Waals surface area contributed by atoms with Gasteiger partial charge in [0.05, 0.1) is 5.54 Å². The summed E-state index contributed by atoms with van der Waals surface area (Å²) in [4.78, 5) is 8.95. The molecule has 0 spiro atoms. The molecule has 0 bridgehead atoms. The zero-order chi connectivity index (χ0) is 8.48. The summed E-state index contributed by atoms with van der Waals surface area (Å²) in [6.07, 6.45) is 1.97. The molecular formula is C9H16N2. The van der Waals surface area contributed by atoms with E-state index in [-0.39, 0.29) is 5.54 Å². The standard InChI is InChI=1S/C9H16N2/c1-5-7-9(3,4)11-8(6-2)10-7/h5-6H2,1-4H3. The summed E-state index contributed by atoms with van der Waals surface area (Å²) >= 11 is 0. The van der Waals surface area contributed by atoms with Gasteiger partial charge < -0.3 is 0 Å². The Bertz CT molecular complexity index is 212. The maximum atomic E-state index is 4.50. The quantitative estimate of drug-likeness (QED) is 0.580. The van der Waals surface area contributed by atoms with Crippen molar-refractivity contribution in [2.24, 2.45) is 9.98 Å². The van der Waals surface area contributed by atoms with Gasteiger partial charge in [0.2, 0.25) is 0 Å². The van der Waals surface area contributed by atoms with E-state index >= 15 is 0 Å². The topological polar surface area (TPSA) is 24.7 Å². The summed E-state index contributed by atoms with van der Waals surface area (Å²) in [6.45, 7) is 8.47. The molecule has 1 rings (SSSR count). The predicted molar refractivity (Wildman–Crippen MR) is 49.5 cm³/mol. The minimum absolute atomic E-state index is 0.0277. The van der Waals surface area contributed by atoms with E-state index in [9.17, 15) is 0 Å². The molecule has 0 N–H and O–H groups in total. The lowest BCUT2D eigenvalue weighted by molar-refractivity contribution is 0.702. The van der Waals surface area contributed by atoms with Gasteiger partial charge in [0, 0.05) is 12.1 Å². The largest absolute Gasteiger partial charge is 0.258 e. The van der Waals surface area contributed by atoms with Gasteiger partial charge in [0.25, 0.3) is 0 Å². The molecule has 0 aromatic heterocycles. The number of hydrogen-bond acceptors (Lipinski definition) is 2. The van der Waals surface area contributed by atoms with Crippen molar-refractivity contribution in [1.29, 1.82) is 0 Å². The average molecular weight is 152 g/mol. The smallest absolute Gasteiger partial charge is 0.123 e. The molecule has 62 valence electrons. The molecule has 0 aliphatic carbocycles. The first-order valence-corrected chi connectivity index (χ1v) is 4.27. The van der Waals surface area contributed by atoms with E-state index in [2.05, 4.69) is 37.7 Å². The molecule has 2 nitrogen and oxygen atoms in total. The third kappa shape index (κ3) is 1.50. The number of amidine groups is 1. The Labute approximate surface area is 68.4 Å². The summed E-state index contributed by atoms with van der Waals surface area (Å²) < 4.78 is 0. The van der Waals surface area contributed by atoms with Crippen molar-refractivity contribution < 1.29 is 0 Å². The van der Waals surface area contributed by atoms with Gasteiger partial charge >= 0.3 is 0 Å². The second kappa shape index (κ2) is 2.76. The Morgan fingerprint density at radius 1 is 1.18 bits per heavy atom. The molecule has 0 unspecified atom stereocenters. The average Bonchev–Trinajstić information content (AvgIpc) is 2.24. The van der Waals surface area contributed by atoms with Crippen LogP contribution in [-0.4, -0.2) is 17.1 Å². The van der Waals surface area contributed by atoms with E-state index in [1.54, 1.807) is 0 Å². The van der Waals surface area contributed by atoms with Crippen molar-refractivity contribution in [3.63, 3.8) is 0 Å². The van der Waals surface area contributed by atoms with Crippen LogP contribution in [0.15, 0.2) is 9.98 Å². The molecule has 0 fully saturated rings. The Balaban J connectivity index is 2.87. The highest BCUT2D eigenvalue weighted by Gasteiger charge is 2.27. The predicted octanol–water partition coefficient (Wildman–Crippen LogP) is 2.44. The lowest BCUT2D eigenvalue weighted by Gasteiger charge is -2.15. The second-order valence-corrected chi connectivity index (χ2v) is 3.35. The van der Waals surface area contributed by atoms with Gasteiger partial charge in [-0.15, -0.1) is 0 Å². The van der Waals surface area contributed by atoms with Gasteiger partial charge in [-0.2, -0.15) is 0 Å². The number of rotatable bonds is 2. The second-order valence-electron chi connectivity index (χ2n) is 3.35. The zero-order valence-electron chi connectivity index (χ0n) is 7.81. The zero-order valence-corrected chi connectivity index (χ0v) is 7.81. The van der Waals surface area contributed by atoms with E-state index in [0.717, 1.165) is 18.7 Å². The lowest BCUT2D eigenvalue weighted by atomic mass is 9.98. The highest BCUT2D eigenvalue weighted by molar-refractivity contribution is 6.07. The lowest BCUT2D eigenvalue weighted by Crippen LogP contribution is -2.25. The third-order valence-electron chi connectivity index (χ3n) is 2.03. The minimum atomic E-state index is -0.0277. The van der Waals surface area contributed by atoms with Crippen LogP contribution in [0.5, 0.6) is 0 Å². The molecule has 0 radical (unpaired) electrons. The van der Waals surface area contributed by atoms with Crippen LogP contribution >= 0.6 is 0 Å².